The second-order valence-electron chi connectivity index (χ2n) is 6.07. The van der Waals surface area contributed by atoms with Crippen LogP contribution in [0, 0.1) is 19.3 Å². The van der Waals surface area contributed by atoms with Gasteiger partial charge in [-0.15, -0.1) is 5.10 Å². The van der Waals surface area contributed by atoms with Crippen LogP contribution >= 0.6 is 0 Å². The van der Waals surface area contributed by atoms with Gasteiger partial charge in [-0.05, 0) is 31.7 Å². The fraction of sp³-hybridized carbons (Fsp3) is 0.643. The first-order valence-corrected chi connectivity index (χ1v) is 6.37. The Kier molecular flexibility index (Phi) is 4.18. The van der Waals surface area contributed by atoms with Crippen LogP contribution in [0.5, 0.6) is 0 Å². The Balaban J connectivity index is 3.36. The Bertz CT molecular complexity index is 492. The molecule has 1 aromatic rings. The van der Waals surface area contributed by atoms with Crippen molar-refractivity contribution in [2.75, 3.05) is 11.9 Å². The quantitative estimate of drug-likeness (QED) is 0.910. The van der Waals surface area contributed by atoms with Gasteiger partial charge in [-0.1, -0.05) is 20.8 Å². The largest absolute Gasteiger partial charge is 0.478 e. The molecule has 1 N–H and O–H groups in total. The van der Waals surface area contributed by atoms with Crippen molar-refractivity contribution in [3.63, 3.8) is 0 Å². The van der Waals surface area contributed by atoms with E-state index in [1.54, 1.807) is 13.8 Å². The van der Waals surface area contributed by atoms with E-state index in [2.05, 4.69) is 37.9 Å². The Hall–Kier alpha value is -1.65. The highest BCUT2D eigenvalue weighted by Gasteiger charge is 2.29. The van der Waals surface area contributed by atoms with E-state index >= 15 is 0 Å². The van der Waals surface area contributed by atoms with Crippen molar-refractivity contribution >= 4 is 11.8 Å². The van der Waals surface area contributed by atoms with Crippen LogP contribution in [0.3, 0.4) is 0 Å². The van der Waals surface area contributed by atoms with E-state index in [9.17, 15) is 9.90 Å². The predicted octanol–water partition coefficient (Wildman–Crippen LogP) is 2.66. The molecule has 1 heterocycles. The topological polar surface area (TPSA) is 66.3 Å². The fourth-order valence-corrected chi connectivity index (χ4v) is 1.86. The van der Waals surface area contributed by atoms with Crippen molar-refractivity contribution in [2.45, 2.75) is 47.6 Å². The van der Waals surface area contributed by atoms with Crippen molar-refractivity contribution in [1.82, 2.24) is 10.2 Å². The number of nitrogens with zero attached hydrogens (tertiary/aromatic N) is 3. The van der Waals surface area contributed by atoms with Gasteiger partial charge < -0.3 is 10.0 Å². The van der Waals surface area contributed by atoms with Crippen molar-refractivity contribution < 1.29 is 9.90 Å². The highest BCUT2D eigenvalue weighted by molar-refractivity contribution is 5.95. The van der Waals surface area contributed by atoms with Crippen molar-refractivity contribution in [1.29, 1.82) is 0 Å². The number of carboxylic acid groups (broad SMARTS) is 1. The molecule has 1 rings (SSSR count). The summed E-state index contributed by atoms with van der Waals surface area (Å²) in [6.07, 6.45) is 0. The molecule has 0 aliphatic carbocycles. The monoisotopic (exact) mass is 265 g/mol. The van der Waals surface area contributed by atoms with Crippen LogP contribution in [-0.4, -0.2) is 34.4 Å². The number of aromatic nitrogens is 2. The molecule has 0 spiro atoms. The van der Waals surface area contributed by atoms with Gasteiger partial charge in [0.25, 0.3) is 0 Å². The van der Waals surface area contributed by atoms with Crippen molar-refractivity contribution in [2.24, 2.45) is 5.41 Å². The third kappa shape index (κ3) is 3.03. The molecule has 0 bridgehead atoms. The second kappa shape index (κ2) is 5.15. The van der Waals surface area contributed by atoms with Gasteiger partial charge in [0.1, 0.15) is 5.56 Å². The van der Waals surface area contributed by atoms with E-state index in [0.717, 1.165) is 0 Å². The van der Waals surface area contributed by atoms with Gasteiger partial charge in [0.05, 0.1) is 5.69 Å². The highest BCUT2D eigenvalue weighted by atomic mass is 16.4. The van der Waals surface area contributed by atoms with Crippen molar-refractivity contribution in [3.05, 3.63) is 16.8 Å². The first-order valence-electron chi connectivity index (χ1n) is 6.37. The zero-order valence-corrected chi connectivity index (χ0v) is 12.8. The average molecular weight is 265 g/mol. The lowest BCUT2D eigenvalue weighted by atomic mass is 9.87. The molecule has 0 aromatic carbocycles. The van der Waals surface area contributed by atoms with Gasteiger partial charge in [0.15, 0.2) is 5.82 Å². The molecule has 0 amide bonds. The molecule has 5 heteroatoms. The summed E-state index contributed by atoms with van der Waals surface area (Å²) < 4.78 is 0. The van der Waals surface area contributed by atoms with Gasteiger partial charge in [-0.2, -0.15) is 5.10 Å². The van der Waals surface area contributed by atoms with Crippen LogP contribution in [0.2, 0.25) is 0 Å². The van der Waals surface area contributed by atoms with E-state index in [-0.39, 0.29) is 17.0 Å². The Morgan fingerprint density at radius 2 is 1.79 bits per heavy atom. The molecular weight excluding hydrogens is 242 g/mol. The summed E-state index contributed by atoms with van der Waals surface area (Å²) in [6, 6.07) is 0.141. The first-order chi connectivity index (χ1) is 8.57. The van der Waals surface area contributed by atoms with E-state index in [0.29, 0.717) is 17.1 Å². The maximum Gasteiger partial charge on any atom is 0.339 e. The Labute approximate surface area is 114 Å². The maximum absolute atomic E-state index is 11.5. The number of aryl methyl sites for hydroxylation is 1. The fourth-order valence-electron chi connectivity index (χ4n) is 1.86. The zero-order chi connectivity index (χ0) is 15.0. The molecule has 0 radical (unpaired) electrons. The summed E-state index contributed by atoms with van der Waals surface area (Å²) in [7, 11) is 1.86. The Morgan fingerprint density at radius 1 is 1.26 bits per heavy atom. The minimum Gasteiger partial charge on any atom is -0.478 e. The Morgan fingerprint density at radius 3 is 2.21 bits per heavy atom. The highest BCUT2D eigenvalue weighted by Crippen LogP contribution is 2.29. The molecule has 0 aliphatic heterocycles. The van der Waals surface area contributed by atoms with Gasteiger partial charge in [-0.25, -0.2) is 4.79 Å². The minimum atomic E-state index is -0.960. The van der Waals surface area contributed by atoms with E-state index < -0.39 is 5.97 Å². The molecule has 1 aromatic heterocycles. The third-order valence-corrected chi connectivity index (χ3v) is 3.82. The number of hydrogen-bond acceptors (Lipinski definition) is 4. The second-order valence-corrected chi connectivity index (χ2v) is 6.07. The zero-order valence-electron chi connectivity index (χ0n) is 12.8. The number of carbonyl (C=O) groups is 1. The lowest BCUT2D eigenvalue weighted by molar-refractivity contribution is 0.0695. The molecule has 0 aliphatic rings. The molecule has 0 fully saturated rings. The lowest BCUT2D eigenvalue weighted by Crippen LogP contribution is -2.41. The smallest absolute Gasteiger partial charge is 0.339 e. The summed E-state index contributed by atoms with van der Waals surface area (Å²) in [5.74, 6) is -0.531. The third-order valence-electron chi connectivity index (χ3n) is 3.82. The summed E-state index contributed by atoms with van der Waals surface area (Å²) >= 11 is 0. The number of aromatic carboxylic acids is 1. The molecular formula is C14H23N3O2. The molecule has 106 valence electrons. The standard InChI is InChI=1S/C14H23N3O2/c1-8-9(2)15-16-12(11(8)13(18)19)17(7)10(3)14(4,5)6/h10H,1-7H3,(H,18,19). The summed E-state index contributed by atoms with van der Waals surface area (Å²) in [6.45, 7) is 11.9. The van der Waals surface area contributed by atoms with Gasteiger partial charge in [0.2, 0.25) is 0 Å². The van der Waals surface area contributed by atoms with Crippen LogP contribution in [0.25, 0.3) is 0 Å². The summed E-state index contributed by atoms with van der Waals surface area (Å²) in [5.41, 5.74) is 1.58. The molecule has 5 nitrogen and oxygen atoms in total. The van der Waals surface area contributed by atoms with Crippen LogP contribution < -0.4 is 4.90 Å². The van der Waals surface area contributed by atoms with E-state index in [4.69, 9.17) is 0 Å². The maximum atomic E-state index is 11.5. The average Bonchev–Trinajstić information content (AvgIpc) is 2.28. The number of carboxylic acids is 1. The molecule has 0 saturated heterocycles. The number of anilines is 1. The minimum absolute atomic E-state index is 0.0188. The lowest BCUT2D eigenvalue weighted by Gasteiger charge is -2.36. The predicted molar refractivity (Wildman–Crippen MR) is 75.8 cm³/mol. The summed E-state index contributed by atoms with van der Waals surface area (Å²) in [4.78, 5) is 13.4. The first kappa shape index (κ1) is 15.4. The van der Waals surface area contributed by atoms with Crippen LogP contribution in [0.4, 0.5) is 5.82 Å². The molecule has 0 saturated carbocycles. The molecule has 1 atom stereocenters. The normalized spacial score (nSPS) is 13.2. The van der Waals surface area contributed by atoms with Gasteiger partial charge in [-0.3, -0.25) is 0 Å². The number of rotatable bonds is 3. The SMILES string of the molecule is Cc1nnc(N(C)C(C)C(C)(C)C)c(C(=O)O)c1C. The summed E-state index contributed by atoms with van der Waals surface area (Å²) in [5, 5.41) is 17.6. The van der Waals surface area contributed by atoms with E-state index in [1.165, 1.54) is 0 Å². The van der Waals surface area contributed by atoms with Crippen molar-refractivity contribution in [3.8, 4) is 0 Å². The van der Waals surface area contributed by atoms with Gasteiger partial charge in [0, 0.05) is 13.1 Å². The molecule has 1 unspecified atom stereocenters. The molecule has 19 heavy (non-hydrogen) atoms. The number of hydrogen-bond donors (Lipinski definition) is 1. The van der Waals surface area contributed by atoms with Crippen LogP contribution in [-0.2, 0) is 0 Å². The van der Waals surface area contributed by atoms with Gasteiger partial charge >= 0.3 is 5.97 Å². The van der Waals surface area contributed by atoms with Crippen LogP contribution in [0.1, 0.15) is 49.3 Å². The van der Waals surface area contributed by atoms with E-state index in [1.807, 2.05) is 11.9 Å². The van der Waals surface area contributed by atoms with Crippen LogP contribution in [0.15, 0.2) is 0 Å².